The van der Waals surface area contributed by atoms with Gasteiger partial charge in [0.25, 0.3) is 0 Å². The van der Waals surface area contributed by atoms with Gasteiger partial charge in [0.2, 0.25) is 0 Å². The van der Waals surface area contributed by atoms with E-state index in [0.29, 0.717) is 12.3 Å². The minimum absolute atomic E-state index is 0.0285. The first-order valence-corrected chi connectivity index (χ1v) is 6.80. The molecule has 0 aromatic rings. The first kappa shape index (κ1) is 13.6. The second kappa shape index (κ2) is 4.09. The molecule has 102 valence electrons. The summed E-state index contributed by atoms with van der Waals surface area (Å²) >= 11 is 0. The van der Waals surface area contributed by atoms with Crippen molar-refractivity contribution in [3.63, 3.8) is 0 Å². The second-order valence-electron chi connectivity index (χ2n) is 6.68. The summed E-state index contributed by atoms with van der Waals surface area (Å²) < 4.78 is 5.78. The summed E-state index contributed by atoms with van der Waals surface area (Å²) in [5, 5.41) is 10.4. The van der Waals surface area contributed by atoms with Crippen LogP contribution in [-0.2, 0) is 9.53 Å². The molecule has 0 amide bonds. The summed E-state index contributed by atoms with van der Waals surface area (Å²) in [6.45, 7) is 9.69. The molecule has 3 atom stereocenters. The first-order chi connectivity index (χ1) is 8.18. The Hall–Kier alpha value is -0.830. The molecule has 1 saturated heterocycles. The van der Waals surface area contributed by atoms with Crippen molar-refractivity contribution in [1.29, 1.82) is 0 Å². The topological polar surface area (TPSA) is 46.5 Å². The summed E-state index contributed by atoms with van der Waals surface area (Å²) in [4.78, 5) is 12.0. The lowest BCUT2D eigenvalue weighted by atomic mass is 9.74. The van der Waals surface area contributed by atoms with E-state index in [0.717, 1.165) is 24.0 Å². The van der Waals surface area contributed by atoms with Gasteiger partial charge in [-0.2, -0.15) is 0 Å². The molecule has 1 spiro atoms. The number of carbonyl (C=O) groups excluding carboxylic acids is 1. The van der Waals surface area contributed by atoms with Crippen molar-refractivity contribution in [2.45, 2.75) is 65.1 Å². The standard InChI is InChI=1S/C15H24O3/c1-9(2)11-8-15(18-13(11)16)10(3)6-7-12(15)14(4,5)17/h10,12,17H,6-8H2,1-5H3/t10-,12-,15+/m0/s1. The highest BCUT2D eigenvalue weighted by Gasteiger charge is 2.60. The Morgan fingerprint density at radius 1 is 1.39 bits per heavy atom. The third-order valence-corrected chi connectivity index (χ3v) is 4.75. The maximum Gasteiger partial charge on any atom is 0.334 e. The zero-order valence-corrected chi connectivity index (χ0v) is 12.0. The molecule has 0 unspecified atom stereocenters. The van der Waals surface area contributed by atoms with Gasteiger partial charge in [0, 0.05) is 17.9 Å². The summed E-state index contributed by atoms with van der Waals surface area (Å²) in [5.41, 5.74) is 0.549. The molecule has 1 aliphatic heterocycles. The van der Waals surface area contributed by atoms with Crippen LogP contribution in [0.25, 0.3) is 0 Å². The lowest BCUT2D eigenvalue weighted by molar-refractivity contribution is -0.163. The SMILES string of the molecule is CC(C)=C1C[C@@]2(OC1=O)[C@@H](C)CC[C@H]2C(C)(C)O. The number of carbonyl (C=O) groups is 1. The minimum atomic E-state index is -0.803. The fourth-order valence-corrected chi connectivity index (χ4v) is 3.67. The van der Waals surface area contributed by atoms with E-state index in [9.17, 15) is 9.90 Å². The number of hydrogen-bond acceptors (Lipinski definition) is 3. The lowest BCUT2D eigenvalue weighted by Crippen LogP contribution is -2.48. The van der Waals surface area contributed by atoms with E-state index < -0.39 is 11.2 Å². The van der Waals surface area contributed by atoms with Gasteiger partial charge >= 0.3 is 5.97 Å². The zero-order valence-electron chi connectivity index (χ0n) is 12.0. The Kier molecular flexibility index (Phi) is 3.09. The molecule has 0 aromatic carbocycles. The van der Waals surface area contributed by atoms with Crippen LogP contribution in [0, 0.1) is 11.8 Å². The van der Waals surface area contributed by atoms with Crippen molar-refractivity contribution in [1.82, 2.24) is 0 Å². The molecule has 3 heteroatoms. The van der Waals surface area contributed by atoms with Gasteiger partial charge in [-0.3, -0.25) is 0 Å². The second-order valence-corrected chi connectivity index (χ2v) is 6.68. The lowest BCUT2D eigenvalue weighted by Gasteiger charge is -2.39. The van der Waals surface area contributed by atoms with Crippen LogP contribution in [-0.4, -0.2) is 22.3 Å². The van der Waals surface area contributed by atoms with Gasteiger partial charge in [-0.05, 0) is 46.5 Å². The fourth-order valence-electron chi connectivity index (χ4n) is 3.67. The Balaban J connectivity index is 2.41. The molecule has 0 bridgehead atoms. The number of rotatable bonds is 1. The fraction of sp³-hybridized carbons (Fsp3) is 0.800. The number of ether oxygens (including phenoxy) is 1. The van der Waals surface area contributed by atoms with Crippen molar-refractivity contribution in [2.75, 3.05) is 0 Å². The molecule has 3 nitrogen and oxygen atoms in total. The number of allylic oxidation sites excluding steroid dienone is 1. The summed E-state index contributed by atoms with van der Waals surface area (Å²) in [7, 11) is 0. The third-order valence-electron chi connectivity index (χ3n) is 4.75. The smallest absolute Gasteiger partial charge is 0.334 e. The Labute approximate surface area is 109 Å². The molecule has 1 saturated carbocycles. The summed E-state index contributed by atoms with van der Waals surface area (Å²) in [6, 6.07) is 0. The molecule has 1 aliphatic carbocycles. The average molecular weight is 252 g/mol. The van der Waals surface area contributed by atoms with Crippen LogP contribution in [0.3, 0.4) is 0 Å². The van der Waals surface area contributed by atoms with Crippen LogP contribution in [0.1, 0.15) is 53.9 Å². The number of hydrogen-bond donors (Lipinski definition) is 1. The molecular formula is C15H24O3. The molecule has 2 fully saturated rings. The first-order valence-electron chi connectivity index (χ1n) is 6.80. The van der Waals surface area contributed by atoms with Gasteiger partial charge in [0.05, 0.1) is 5.60 Å². The molecule has 0 aromatic heterocycles. The predicted molar refractivity (Wildman–Crippen MR) is 70.0 cm³/mol. The Morgan fingerprint density at radius 3 is 2.44 bits per heavy atom. The molecule has 18 heavy (non-hydrogen) atoms. The highest BCUT2D eigenvalue weighted by atomic mass is 16.6. The quantitative estimate of drug-likeness (QED) is 0.576. The molecular weight excluding hydrogens is 228 g/mol. The number of esters is 1. The van der Waals surface area contributed by atoms with Crippen LogP contribution in [0.15, 0.2) is 11.1 Å². The summed E-state index contributed by atoms with van der Waals surface area (Å²) in [5.74, 6) is 0.161. The van der Waals surface area contributed by atoms with Crippen molar-refractivity contribution in [2.24, 2.45) is 11.8 Å². The molecule has 1 N–H and O–H groups in total. The van der Waals surface area contributed by atoms with Gasteiger partial charge < -0.3 is 9.84 Å². The van der Waals surface area contributed by atoms with E-state index in [1.165, 1.54) is 0 Å². The van der Waals surface area contributed by atoms with Crippen molar-refractivity contribution >= 4 is 5.97 Å². The van der Waals surface area contributed by atoms with Crippen LogP contribution in [0.5, 0.6) is 0 Å². The minimum Gasteiger partial charge on any atom is -0.455 e. The van der Waals surface area contributed by atoms with Gasteiger partial charge in [0.15, 0.2) is 0 Å². The Bertz CT molecular complexity index is 398. The zero-order chi connectivity index (χ0) is 13.7. The Morgan fingerprint density at radius 2 is 2.00 bits per heavy atom. The number of aliphatic hydroxyl groups is 1. The summed E-state index contributed by atoms with van der Waals surface area (Å²) in [6.07, 6.45) is 2.59. The van der Waals surface area contributed by atoms with E-state index in [-0.39, 0.29) is 11.9 Å². The van der Waals surface area contributed by atoms with Crippen LogP contribution < -0.4 is 0 Å². The van der Waals surface area contributed by atoms with Crippen LogP contribution in [0.2, 0.25) is 0 Å². The van der Waals surface area contributed by atoms with Crippen molar-refractivity contribution in [3.8, 4) is 0 Å². The van der Waals surface area contributed by atoms with E-state index in [2.05, 4.69) is 6.92 Å². The van der Waals surface area contributed by atoms with E-state index in [1.807, 2.05) is 27.7 Å². The van der Waals surface area contributed by atoms with Gasteiger partial charge in [-0.15, -0.1) is 0 Å². The van der Waals surface area contributed by atoms with E-state index in [4.69, 9.17) is 4.74 Å². The van der Waals surface area contributed by atoms with Crippen LogP contribution >= 0.6 is 0 Å². The van der Waals surface area contributed by atoms with E-state index >= 15 is 0 Å². The average Bonchev–Trinajstić information content (AvgIpc) is 2.69. The normalized spacial score (nSPS) is 36.3. The van der Waals surface area contributed by atoms with Crippen molar-refractivity contribution < 1.29 is 14.6 Å². The molecule has 2 aliphatic rings. The monoisotopic (exact) mass is 252 g/mol. The molecule has 1 heterocycles. The highest BCUT2D eigenvalue weighted by molar-refractivity contribution is 5.92. The largest absolute Gasteiger partial charge is 0.455 e. The van der Waals surface area contributed by atoms with Gasteiger partial charge in [-0.25, -0.2) is 4.79 Å². The maximum absolute atomic E-state index is 12.0. The molecule has 2 rings (SSSR count). The molecule has 0 radical (unpaired) electrons. The van der Waals surface area contributed by atoms with Gasteiger partial charge in [-0.1, -0.05) is 12.5 Å². The van der Waals surface area contributed by atoms with E-state index in [1.54, 1.807) is 0 Å². The third kappa shape index (κ3) is 1.89. The van der Waals surface area contributed by atoms with Crippen molar-refractivity contribution in [3.05, 3.63) is 11.1 Å². The maximum atomic E-state index is 12.0. The predicted octanol–water partition coefficient (Wildman–Crippen LogP) is 2.83. The van der Waals surface area contributed by atoms with Crippen LogP contribution in [0.4, 0.5) is 0 Å². The van der Waals surface area contributed by atoms with Gasteiger partial charge in [0.1, 0.15) is 5.60 Å². The highest BCUT2D eigenvalue weighted by Crippen LogP contribution is 2.54.